The van der Waals surface area contributed by atoms with E-state index >= 15 is 0 Å². The molecule has 0 aliphatic carbocycles. The van der Waals surface area contributed by atoms with Crippen LogP contribution < -0.4 is 9.46 Å². The van der Waals surface area contributed by atoms with Crippen molar-refractivity contribution < 1.29 is 31.5 Å². The number of carbonyl (C=O) groups excluding carboxylic acids is 1. The second kappa shape index (κ2) is 9.72. The number of nitrogens with zero attached hydrogens (tertiary/aromatic N) is 2. The number of nitrogens with one attached hydrogen (secondary N) is 1. The summed E-state index contributed by atoms with van der Waals surface area (Å²) in [5, 5.41) is 9.62. The molecule has 1 aromatic carbocycles. The molecule has 1 aromatic rings. The van der Waals surface area contributed by atoms with E-state index in [4.69, 9.17) is 4.74 Å². The van der Waals surface area contributed by atoms with Gasteiger partial charge in [0.25, 0.3) is 0 Å². The van der Waals surface area contributed by atoms with Crippen LogP contribution >= 0.6 is 0 Å². The number of sulfonamides is 2. The van der Waals surface area contributed by atoms with Crippen molar-refractivity contribution in [1.29, 1.82) is 0 Å². The minimum atomic E-state index is -3.51. The van der Waals surface area contributed by atoms with Crippen molar-refractivity contribution >= 4 is 31.6 Å². The van der Waals surface area contributed by atoms with Crippen molar-refractivity contribution in [1.82, 2.24) is 9.21 Å². The standard InChI is InChI=1S/C19H31N3O7S2/c1-13-10-22(14(2)12-23)19(24)9-15-8-16(20-30(4,25)26)6-7-17(15)29-18(13)11-21(3)31(5,27)28/h6-8,13-14,18,20,23H,9-12H2,1-5H3/t13-,14-,18-/m1/s1. The number of rotatable bonds is 7. The molecule has 10 nitrogen and oxygen atoms in total. The number of hydrogen-bond acceptors (Lipinski definition) is 7. The molecular formula is C19H31N3O7S2. The van der Waals surface area contributed by atoms with E-state index in [1.807, 2.05) is 6.92 Å². The molecule has 31 heavy (non-hydrogen) atoms. The summed E-state index contributed by atoms with van der Waals surface area (Å²) in [6.07, 6.45) is 1.50. The van der Waals surface area contributed by atoms with Crippen LogP contribution in [0.4, 0.5) is 5.69 Å². The number of amides is 1. The molecule has 1 heterocycles. The summed E-state index contributed by atoms with van der Waals surface area (Å²) < 4.78 is 56.8. The lowest BCUT2D eigenvalue weighted by Crippen LogP contribution is -2.48. The first-order chi connectivity index (χ1) is 14.2. The third-order valence-corrected chi connectivity index (χ3v) is 7.11. The van der Waals surface area contributed by atoms with Crippen LogP contribution in [-0.2, 0) is 31.3 Å². The maximum Gasteiger partial charge on any atom is 0.229 e. The molecule has 0 radical (unpaired) electrons. The molecule has 0 spiro atoms. The van der Waals surface area contributed by atoms with Gasteiger partial charge in [0.05, 0.1) is 38.1 Å². The van der Waals surface area contributed by atoms with Gasteiger partial charge in [-0.15, -0.1) is 0 Å². The number of ether oxygens (including phenoxy) is 1. The Bertz CT molecular complexity index is 1010. The highest BCUT2D eigenvalue weighted by Crippen LogP contribution is 2.29. The second-order valence-corrected chi connectivity index (χ2v) is 12.0. The summed E-state index contributed by atoms with van der Waals surface area (Å²) in [5.74, 6) is -0.113. The third-order valence-electron chi connectivity index (χ3n) is 5.22. The van der Waals surface area contributed by atoms with Crippen molar-refractivity contribution in [3.63, 3.8) is 0 Å². The molecule has 12 heteroatoms. The largest absolute Gasteiger partial charge is 0.488 e. The zero-order valence-corrected chi connectivity index (χ0v) is 20.0. The Hall–Kier alpha value is -1.89. The van der Waals surface area contributed by atoms with Gasteiger partial charge in [0.1, 0.15) is 11.9 Å². The number of likely N-dealkylation sites (N-methyl/N-ethyl adjacent to an activating group) is 1. The van der Waals surface area contributed by atoms with Gasteiger partial charge in [0.2, 0.25) is 26.0 Å². The van der Waals surface area contributed by atoms with E-state index in [-0.39, 0.29) is 43.6 Å². The monoisotopic (exact) mass is 477 g/mol. The molecule has 1 amide bonds. The van der Waals surface area contributed by atoms with E-state index in [1.54, 1.807) is 17.9 Å². The minimum absolute atomic E-state index is 0.0552. The summed E-state index contributed by atoms with van der Waals surface area (Å²) in [6, 6.07) is 4.19. The van der Waals surface area contributed by atoms with Crippen molar-refractivity contribution in [2.45, 2.75) is 32.4 Å². The highest BCUT2D eigenvalue weighted by Gasteiger charge is 2.32. The van der Waals surface area contributed by atoms with Crippen LogP contribution in [0.3, 0.4) is 0 Å². The highest BCUT2D eigenvalue weighted by atomic mass is 32.2. The molecule has 2 rings (SSSR count). The van der Waals surface area contributed by atoms with Crippen molar-refractivity contribution in [3.05, 3.63) is 23.8 Å². The number of benzene rings is 1. The zero-order chi connectivity index (χ0) is 23.6. The molecule has 2 N–H and O–H groups in total. The van der Waals surface area contributed by atoms with Gasteiger partial charge in [-0.1, -0.05) is 6.92 Å². The Balaban J connectivity index is 2.50. The summed E-state index contributed by atoms with van der Waals surface area (Å²) in [4.78, 5) is 14.6. The number of aliphatic hydroxyl groups excluding tert-OH is 1. The predicted molar refractivity (Wildman–Crippen MR) is 118 cm³/mol. The summed E-state index contributed by atoms with van der Waals surface area (Å²) in [6.45, 7) is 3.69. The number of carbonyl (C=O) groups is 1. The summed E-state index contributed by atoms with van der Waals surface area (Å²) in [5.41, 5.74) is 0.756. The van der Waals surface area contributed by atoms with E-state index in [0.717, 1.165) is 12.5 Å². The quantitative estimate of drug-likeness (QED) is 0.569. The molecule has 1 aliphatic rings. The van der Waals surface area contributed by atoms with Crippen molar-refractivity contribution in [2.24, 2.45) is 5.92 Å². The first-order valence-corrected chi connectivity index (χ1v) is 13.5. The van der Waals surface area contributed by atoms with E-state index in [1.165, 1.54) is 23.5 Å². The van der Waals surface area contributed by atoms with Gasteiger partial charge in [-0.05, 0) is 25.1 Å². The first kappa shape index (κ1) is 25.4. The van der Waals surface area contributed by atoms with Gasteiger partial charge in [-0.25, -0.2) is 21.1 Å². The zero-order valence-electron chi connectivity index (χ0n) is 18.4. The highest BCUT2D eigenvalue weighted by molar-refractivity contribution is 7.92. The third kappa shape index (κ3) is 7.06. The summed E-state index contributed by atoms with van der Waals surface area (Å²) >= 11 is 0. The van der Waals surface area contributed by atoms with Gasteiger partial charge in [0.15, 0.2) is 0 Å². The van der Waals surface area contributed by atoms with Crippen LogP contribution in [0, 0.1) is 5.92 Å². The van der Waals surface area contributed by atoms with Gasteiger partial charge >= 0.3 is 0 Å². The Labute approximate surface area is 184 Å². The van der Waals surface area contributed by atoms with Crippen LogP contribution in [0.25, 0.3) is 0 Å². The predicted octanol–water partition coefficient (Wildman–Crippen LogP) is 0.0985. The molecule has 0 saturated heterocycles. The summed E-state index contributed by atoms with van der Waals surface area (Å²) in [7, 11) is -5.51. The number of aliphatic hydroxyl groups is 1. The fraction of sp³-hybridized carbons (Fsp3) is 0.632. The van der Waals surface area contributed by atoms with Crippen molar-refractivity contribution in [2.75, 3.05) is 44.0 Å². The van der Waals surface area contributed by atoms with Crippen molar-refractivity contribution in [3.8, 4) is 5.75 Å². The number of anilines is 1. The number of fused-ring (bicyclic) bond motifs is 1. The second-order valence-electron chi connectivity index (χ2n) is 8.13. The maximum atomic E-state index is 13.0. The lowest BCUT2D eigenvalue weighted by atomic mass is 10.0. The Kier molecular flexibility index (Phi) is 7.95. The van der Waals surface area contributed by atoms with Crippen LogP contribution in [-0.4, -0.2) is 88.5 Å². The van der Waals surface area contributed by atoms with Crippen LogP contribution in [0.1, 0.15) is 19.4 Å². The molecule has 0 aromatic heterocycles. The number of hydrogen-bond donors (Lipinski definition) is 2. The molecule has 1 aliphatic heterocycles. The smallest absolute Gasteiger partial charge is 0.229 e. The van der Waals surface area contributed by atoms with Crippen LogP contribution in [0.2, 0.25) is 0 Å². The van der Waals surface area contributed by atoms with E-state index in [0.29, 0.717) is 11.3 Å². The Morgan fingerprint density at radius 3 is 2.48 bits per heavy atom. The Morgan fingerprint density at radius 2 is 1.94 bits per heavy atom. The SMILES string of the molecule is C[C@@H]1CN([C@H](C)CO)C(=O)Cc2cc(NS(C)(=O)=O)ccc2O[C@@H]1CN(C)S(C)(=O)=O. The Morgan fingerprint density at radius 1 is 1.29 bits per heavy atom. The average molecular weight is 478 g/mol. The average Bonchev–Trinajstić information content (AvgIpc) is 2.68. The molecule has 3 atom stereocenters. The normalized spacial score (nSPS) is 21.5. The molecule has 0 fully saturated rings. The van der Waals surface area contributed by atoms with Crippen LogP contribution in [0.5, 0.6) is 5.75 Å². The van der Waals surface area contributed by atoms with E-state index in [9.17, 15) is 26.7 Å². The van der Waals surface area contributed by atoms with E-state index < -0.39 is 32.2 Å². The molecule has 0 bridgehead atoms. The lowest BCUT2D eigenvalue weighted by Gasteiger charge is -2.33. The van der Waals surface area contributed by atoms with E-state index in [2.05, 4.69) is 4.72 Å². The molecule has 0 saturated carbocycles. The van der Waals surface area contributed by atoms with Gasteiger partial charge in [0, 0.05) is 30.8 Å². The topological polar surface area (TPSA) is 133 Å². The molecule has 176 valence electrons. The van der Waals surface area contributed by atoms with Gasteiger partial charge in [-0.2, -0.15) is 0 Å². The minimum Gasteiger partial charge on any atom is -0.488 e. The lowest BCUT2D eigenvalue weighted by molar-refractivity contribution is -0.134. The fourth-order valence-electron chi connectivity index (χ4n) is 3.31. The first-order valence-electron chi connectivity index (χ1n) is 9.80. The van der Waals surface area contributed by atoms with Gasteiger partial charge < -0.3 is 14.7 Å². The van der Waals surface area contributed by atoms with Crippen LogP contribution in [0.15, 0.2) is 18.2 Å². The maximum absolute atomic E-state index is 13.0. The van der Waals surface area contributed by atoms with Gasteiger partial charge in [-0.3, -0.25) is 9.52 Å². The fourth-order valence-corrected chi connectivity index (χ4v) is 4.29. The molecule has 0 unspecified atom stereocenters. The molecular weight excluding hydrogens is 446 g/mol.